The summed E-state index contributed by atoms with van der Waals surface area (Å²) in [6.45, 7) is 1.34. The molecule has 1 saturated carbocycles. The van der Waals surface area contributed by atoms with Gasteiger partial charge in [-0.15, -0.1) is 0 Å². The summed E-state index contributed by atoms with van der Waals surface area (Å²) in [5, 5.41) is 0. The minimum atomic E-state index is -4.51. The Morgan fingerprint density at radius 3 is 1.67 bits per heavy atom. The molecule has 106 valence electrons. The minimum Gasteiger partial charge on any atom is -0.452 e. The van der Waals surface area contributed by atoms with Crippen LogP contribution < -0.4 is 0 Å². The average molecular weight is 269 g/mol. The first-order chi connectivity index (χ1) is 8.02. The number of nitrogens with zero attached hydrogens (tertiary/aromatic N) is 1. The largest absolute Gasteiger partial charge is 0.452 e. The first kappa shape index (κ1) is 16.9. The van der Waals surface area contributed by atoms with Crippen LogP contribution in [-0.4, -0.2) is 49.1 Å². The van der Waals surface area contributed by atoms with Crippen LogP contribution in [-0.2, 0) is 14.3 Å². The Morgan fingerprint density at radius 2 is 1.61 bits per heavy atom. The Morgan fingerprint density at radius 1 is 1.17 bits per heavy atom. The van der Waals surface area contributed by atoms with Crippen molar-refractivity contribution in [2.24, 2.45) is 0 Å². The molecule has 7 heteroatoms. The maximum Gasteiger partial charge on any atom is 0.427 e. The van der Waals surface area contributed by atoms with Gasteiger partial charge in [-0.2, -0.15) is 13.2 Å². The molecule has 1 aliphatic rings. The Hall–Kier alpha value is -1.11. The predicted octanol–water partition coefficient (Wildman–Crippen LogP) is 1.78. The number of carbonyl (C=O) groups excluding carboxylic acids is 2. The van der Waals surface area contributed by atoms with E-state index in [4.69, 9.17) is 0 Å². The molecule has 0 aromatic heterocycles. The topological polar surface area (TPSA) is 46.6 Å². The lowest BCUT2D eigenvalue weighted by molar-refractivity contribution is -0.251. The lowest BCUT2D eigenvalue weighted by Crippen LogP contribution is -2.41. The van der Waals surface area contributed by atoms with Crippen LogP contribution in [0.5, 0.6) is 0 Å². The summed E-state index contributed by atoms with van der Waals surface area (Å²) < 4.78 is 39.0. The average Bonchev–Trinajstić information content (AvgIpc) is 2.97. The molecule has 1 aliphatic carbocycles. The maximum absolute atomic E-state index is 11.7. The highest BCUT2D eigenvalue weighted by atomic mass is 19.4. The smallest absolute Gasteiger partial charge is 0.427 e. The molecule has 0 radical (unpaired) electrons. The van der Waals surface area contributed by atoms with E-state index in [2.05, 4.69) is 4.74 Å². The Labute approximate surface area is 104 Å². The lowest BCUT2D eigenvalue weighted by atomic mass is 10.1. The van der Waals surface area contributed by atoms with Gasteiger partial charge in [-0.05, 0) is 40.8 Å². The van der Waals surface area contributed by atoms with Gasteiger partial charge >= 0.3 is 6.18 Å². The van der Waals surface area contributed by atoms with E-state index >= 15 is 0 Å². The van der Waals surface area contributed by atoms with Crippen molar-refractivity contribution in [2.75, 3.05) is 14.1 Å². The van der Waals surface area contributed by atoms with Gasteiger partial charge in [0.05, 0.1) is 5.54 Å². The molecule has 0 amide bonds. The zero-order chi connectivity index (χ0) is 14.6. The first-order valence-electron chi connectivity index (χ1n) is 5.34. The molecular weight excluding hydrogens is 251 g/mol. The second kappa shape index (κ2) is 5.69. The number of carbonyl (C=O) groups is 2. The van der Waals surface area contributed by atoms with Crippen molar-refractivity contribution in [2.45, 2.75) is 44.0 Å². The van der Waals surface area contributed by atoms with Gasteiger partial charge in [0.1, 0.15) is 6.29 Å². The third-order valence-electron chi connectivity index (χ3n) is 2.90. The van der Waals surface area contributed by atoms with Crippen LogP contribution in [0.3, 0.4) is 0 Å². The summed E-state index contributed by atoms with van der Waals surface area (Å²) in [4.78, 5) is 21.8. The summed E-state index contributed by atoms with van der Waals surface area (Å²) >= 11 is 0. The van der Waals surface area contributed by atoms with E-state index < -0.39 is 11.8 Å². The van der Waals surface area contributed by atoms with Crippen molar-refractivity contribution in [3.63, 3.8) is 0 Å². The molecule has 0 bridgehead atoms. The second-order valence-corrected chi connectivity index (χ2v) is 4.84. The van der Waals surface area contributed by atoms with E-state index in [0.717, 1.165) is 33.0 Å². The normalized spacial score (nSPS) is 17.6. The third-order valence-corrected chi connectivity index (χ3v) is 2.90. The molecule has 4 nitrogen and oxygen atoms in total. The van der Waals surface area contributed by atoms with Gasteiger partial charge < -0.3 is 9.53 Å². The molecule has 0 spiro atoms. The molecular formula is C11H18F3NO3. The van der Waals surface area contributed by atoms with E-state index in [9.17, 15) is 22.8 Å². The van der Waals surface area contributed by atoms with E-state index in [-0.39, 0.29) is 12.0 Å². The molecule has 1 fully saturated rings. The number of likely N-dealkylation sites (N-methyl/N-ethyl adjacent to an activating group) is 1. The molecule has 0 saturated heterocycles. The zero-order valence-corrected chi connectivity index (χ0v) is 10.9. The highest BCUT2D eigenvalue weighted by Crippen LogP contribution is 2.37. The van der Waals surface area contributed by atoms with Crippen molar-refractivity contribution in [1.82, 2.24) is 4.90 Å². The fraction of sp³-hybridized carbons (Fsp3) is 0.818. The van der Waals surface area contributed by atoms with E-state index in [1.54, 1.807) is 0 Å². The van der Waals surface area contributed by atoms with Crippen LogP contribution in [0.1, 0.15) is 26.7 Å². The van der Waals surface area contributed by atoms with Crippen LogP contribution in [0.2, 0.25) is 0 Å². The fourth-order valence-corrected chi connectivity index (χ4v) is 0.986. The SMILES string of the molecule is CC(C)(OC=O)C(F)(F)F.CN(C)C1(C=O)CC1. The third kappa shape index (κ3) is 4.29. The molecule has 0 unspecified atom stereocenters. The Balaban J connectivity index is 0.000000327. The van der Waals surface area contributed by atoms with Crippen molar-refractivity contribution in [3.05, 3.63) is 0 Å². The first-order valence-corrected chi connectivity index (χ1v) is 5.34. The van der Waals surface area contributed by atoms with Crippen molar-refractivity contribution in [1.29, 1.82) is 0 Å². The lowest BCUT2D eigenvalue weighted by Gasteiger charge is -2.24. The summed E-state index contributed by atoms with van der Waals surface area (Å²) in [6.07, 6.45) is -1.37. The fourth-order valence-electron chi connectivity index (χ4n) is 0.986. The van der Waals surface area contributed by atoms with E-state index in [1.165, 1.54) is 0 Å². The molecule has 18 heavy (non-hydrogen) atoms. The van der Waals surface area contributed by atoms with Crippen LogP contribution in [0.4, 0.5) is 13.2 Å². The number of rotatable bonds is 4. The Bertz CT molecular complexity index is 296. The van der Waals surface area contributed by atoms with E-state index in [0.29, 0.717) is 0 Å². The number of ether oxygens (including phenoxy) is 1. The molecule has 0 N–H and O–H groups in total. The highest BCUT2D eigenvalue weighted by molar-refractivity contribution is 5.68. The van der Waals surface area contributed by atoms with Crippen LogP contribution >= 0.6 is 0 Å². The van der Waals surface area contributed by atoms with Crippen molar-refractivity contribution in [3.8, 4) is 0 Å². The van der Waals surface area contributed by atoms with Crippen LogP contribution in [0.25, 0.3) is 0 Å². The number of alkyl halides is 3. The maximum atomic E-state index is 11.7. The van der Waals surface area contributed by atoms with Gasteiger partial charge in [-0.25, -0.2) is 0 Å². The monoisotopic (exact) mass is 269 g/mol. The summed E-state index contributed by atoms with van der Waals surface area (Å²) in [5.41, 5.74) is -2.44. The van der Waals surface area contributed by atoms with Gasteiger partial charge in [0.15, 0.2) is 0 Å². The van der Waals surface area contributed by atoms with Gasteiger partial charge in [0, 0.05) is 0 Å². The number of aldehydes is 1. The highest BCUT2D eigenvalue weighted by Gasteiger charge is 2.49. The standard InChI is InChI=1S/C6H11NO.C5H7F3O2/c1-7(2)6(5-8)3-4-6;1-4(2,10-3-9)5(6,7)8/h5H,3-4H2,1-2H3;3H,1-2H3. The zero-order valence-electron chi connectivity index (χ0n) is 10.9. The number of hydrogen-bond acceptors (Lipinski definition) is 4. The molecule has 0 aliphatic heterocycles. The molecule has 0 atom stereocenters. The summed E-state index contributed by atoms with van der Waals surface area (Å²) in [6, 6.07) is 0. The van der Waals surface area contributed by atoms with Gasteiger partial charge in [-0.3, -0.25) is 9.69 Å². The summed E-state index contributed by atoms with van der Waals surface area (Å²) in [7, 11) is 3.89. The van der Waals surface area contributed by atoms with Crippen LogP contribution in [0.15, 0.2) is 0 Å². The minimum absolute atomic E-state index is 0.0556. The quantitative estimate of drug-likeness (QED) is 0.730. The van der Waals surface area contributed by atoms with Gasteiger partial charge in [0.25, 0.3) is 6.47 Å². The van der Waals surface area contributed by atoms with E-state index in [1.807, 2.05) is 19.0 Å². The number of halogens is 3. The molecule has 1 rings (SSSR count). The van der Waals surface area contributed by atoms with Gasteiger partial charge in [-0.1, -0.05) is 0 Å². The van der Waals surface area contributed by atoms with Crippen molar-refractivity contribution >= 4 is 12.8 Å². The predicted molar refractivity (Wildman–Crippen MR) is 59.0 cm³/mol. The number of hydrogen-bond donors (Lipinski definition) is 0. The Kier molecular flexibility index (Phi) is 5.34. The second-order valence-electron chi connectivity index (χ2n) is 4.84. The molecule has 0 aromatic rings. The van der Waals surface area contributed by atoms with Crippen molar-refractivity contribution < 1.29 is 27.5 Å². The van der Waals surface area contributed by atoms with Gasteiger partial charge in [0.2, 0.25) is 5.60 Å². The summed E-state index contributed by atoms with van der Waals surface area (Å²) in [5.74, 6) is 0. The molecule has 0 heterocycles. The van der Waals surface area contributed by atoms with Crippen LogP contribution in [0, 0.1) is 0 Å². The molecule has 0 aromatic carbocycles.